The predicted octanol–water partition coefficient (Wildman–Crippen LogP) is 2.45. The van der Waals surface area contributed by atoms with Crippen molar-refractivity contribution in [1.82, 2.24) is 9.88 Å². The van der Waals surface area contributed by atoms with Crippen LogP contribution in [0.15, 0.2) is 36.5 Å². The highest BCUT2D eigenvalue weighted by atomic mass is 15.1. The van der Waals surface area contributed by atoms with Crippen LogP contribution in [0.5, 0.6) is 0 Å². The molecule has 2 heterocycles. The van der Waals surface area contributed by atoms with E-state index < -0.39 is 0 Å². The molecule has 1 aliphatic heterocycles. The minimum Gasteiger partial charge on any atom is -0.327 e. The lowest BCUT2D eigenvalue weighted by Crippen LogP contribution is -2.46. The zero-order chi connectivity index (χ0) is 13.9. The summed E-state index contributed by atoms with van der Waals surface area (Å²) in [6.07, 6.45) is 4.07. The number of benzene rings is 1. The Hall–Kier alpha value is -1.45. The number of nitrogens with two attached hydrogens (primary N) is 1. The molecule has 2 aromatic rings. The molecule has 3 nitrogen and oxygen atoms in total. The molecule has 1 aromatic heterocycles. The molecule has 3 heteroatoms. The Kier molecular flexibility index (Phi) is 3.99. The van der Waals surface area contributed by atoms with Gasteiger partial charge in [0.15, 0.2) is 0 Å². The summed E-state index contributed by atoms with van der Waals surface area (Å²) in [6.45, 7) is 5.62. The third-order valence-corrected chi connectivity index (χ3v) is 4.47. The van der Waals surface area contributed by atoms with Crippen LogP contribution in [0, 0.1) is 5.92 Å². The quantitative estimate of drug-likeness (QED) is 0.930. The lowest BCUT2D eigenvalue weighted by molar-refractivity contribution is 0.166. The SMILES string of the molecule is CC1CN(CCc2cccc3cccnc23)CCC1N. The van der Waals surface area contributed by atoms with E-state index in [1.165, 1.54) is 10.9 Å². The maximum Gasteiger partial charge on any atom is 0.0734 e. The maximum atomic E-state index is 6.09. The molecular formula is C17H23N3. The van der Waals surface area contributed by atoms with Crippen LogP contribution in [0.25, 0.3) is 10.9 Å². The van der Waals surface area contributed by atoms with Crippen LogP contribution in [0.3, 0.4) is 0 Å². The van der Waals surface area contributed by atoms with Crippen molar-refractivity contribution >= 4 is 10.9 Å². The molecule has 0 saturated carbocycles. The number of para-hydroxylation sites is 1. The second-order valence-corrected chi connectivity index (χ2v) is 5.97. The first-order valence-corrected chi connectivity index (χ1v) is 7.54. The van der Waals surface area contributed by atoms with Gasteiger partial charge < -0.3 is 10.6 Å². The largest absolute Gasteiger partial charge is 0.327 e. The van der Waals surface area contributed by atoms with Gasteiger partial charge in [-0.1, -0.05) is 31.2 Å². The summed E-state index contributed by atoms with van der Waals surface area (Å²) in [4.78, 5) is 7.07. The Morgan fingerprint density at radius 1 is 1.30 bits per heavy atom. The third-order valence-electron chi connectivity index (χ3n) is 4.47. The van der Waals surface area contributed by atoms with E-state index >= 15 is 0 Å². The first-order valence-electron chi connectivity index (χ1n) is 7.54. The second kappa shape index (κ2) is 5.90. The van der Waals surface area contributed by atoms with Crippen molar-refractivity contribution in [1.29, 1.82) is 0 Å². The number of likely N-dealkylation sites (tertiary alicyclic amines) is 1. The highest BCUT2D eigenvalue weighted by Crippen LogP contribution is 2.19. The van der Waals surface area contributed by atoms with Gasteiger partial charge in [0, 0.05) is 30.7 Å². The van der Waals surface area contributed by atoms with Gasteiger partial charge in [-0.15, -0.1) is 0 Å². The summed E-state index contributed by atoms with van der Waals surface area (Å²) in [5.41, 5.74) is 8.59. The topological polar surface area (TPSA) is 42.2 Å². The number of rotatable bonds is 3. The summed E-state index contributed by atoms with van der Waals surface area (Å²) in [7, 11) is 0. The molecule has 0 spiro atoms. The lowest BCUT2D eigenvalue weighted by atomic mass is 9.94. The van der Waals surface area contributed by atoms with Crippen molar-refractivity contribution in [2.45, 2.75) is 25.8 Å². The lowest BCUT2D eigenvalue weighted by Gasteiger charge is -2.35. The molecule has 20 heavy (non-hydrogen) atoms. The molecule has 1 fully saturated rings. The number of piperidine rings is 1. The highest BCUT2D eigenvalue weighted by Gasteiger charge is 2.22. The van der Waals surface area contributed by atoms with Crippen LogP contribution in [0.4, 0.5) is 0 Å². The van der Waals surface area contributed by atoms with E-state index in [1.54, 1.807) is 0 Å². The average molecular weight is 269 g/mol. The number of pyridine rings is 1. The Balaban J connectivity index is 1.68. The van der Waals surface area contributed by atoms with Gasteiger partial charge in [0.1, 0.15) is 0 Å². The third kappa shape index (κ3) is 2.84. The summed E-state index contributed by atoms with van der Waals surface area (Å²) >= 11 is 0. The molecule has 0 radical (unpaired) electrons. The van der Waals surface area contributed by atoms with E-state index in [1.807, 2.05) is 12.3 Å². The fourth-order valence-electron chi connectivity index (χ4n) is 3.10. The fraction of sp³-hybridized carbons (Fsp3) is 0.471. The summed E-state index contributed by atoms with van der Waals surface area (Å²) in [6, 6.07) is 11.0. The number of nitrogens with zero attached hydrogens (tertiary/aromatic N) is 2. The monoisotopic (exact) mass is 269 g/mol. The van der Waals surface area contributed by atoms with Crippen LogP contribution >= 0.6 is 0 Å². The van der Waals surface area contributed by atoms with E-state index in [2.05, 4.69) is 41.1 Å². The van der Waals surface area contributed by atoms with Gasteiger partial charge in [-0.2, -0.15) is 0 Å². The molecule has 0 bridgehead atoms. The van der Waals surface area contributed by atoms with Crippen molar-refractivity contribution in [3.05, 3.63) is 42.1 Å². The Morgan fingerprint density at radius 3 is 3.00 bits per heavy atom. The van der Waals surface area contributed by atoms with Crippen LogP contribution in [-0.4, -0.2) is 35.6 Å². The van der Waals surface area contributed by atoms with Crippen LogP contribution in [0.2, 0.25) is 0 Å². The number of aromatic nitrogens is 1. The normalized spacial score (nSPS) is 24.1. The molecule has 2 atom stereocenters. The number of hydrogen-bond donors (Lipinski definition) is 1. The van der Waals surface area contributed by atoms with E-state index in [0.717, 1.165) is 38.0 Å². The first kappa shape index (κ1) is 13.5. The van der Waals surface area contributed by atoms with Gasteiger partial charge >= 0.3 is 0 Å². The predicted molar refractivity (Wildman–Crippen MR) is 83.6 cm³/mol. The van der Waals surface area contributed by atoms with Crippen molar-refractivity contribution in [3.63, 3.8) is 0 Å². The van der Waals surface area contributed by atoms with E-state index in [9.17, 15) is 0 Å². The Morgan fingerprint density at radius 2 is 2.15 bits per heavy atom. The van der Waals surface area contributed by atoms with Gasteiger partial charge in [0.05, 0.1) is 5.52 Å². The first-order chi connectivity index (χ1) is 9.74. The summed E-state index contributed by atoms with van der Waals surface area (Å²) in [5.74, 6) is 0.606. The van der Waals surface area contributed by atoms with Gasteiger partial charge in [0.25, 0.3) is 0 Å². The Bertz CT molecular complexity index is 576. The molecular weight excluding hydrogens is 246 g/mol. The van der Waals surface area contributed by atoms with Crippen LogP contribution in [0.1, 0.15) is 18.9 Å². The van der Waals surface area contributed by atoms with E-state index in [4.69, 9.17) is 5.73 Å². The highest BCUT2D eigenvalue weighted by molar-refractivity contribution is 5.81. The molecule has 2 N–H and O–H groups in total. The van der Waals surface area contributed by atoms with Crippen molar-refractivity contribution in [3.8, 4) is 0 Å². The zero-order valence-corrected chi connectivity index (χ0v) is 12.1. The van der Waals surface area contributed by atoms with Crippen molar-refractivity contribution in [2.75, 3.05) is 19.6 Å². The molecule has 1 aliphatic rings. The van der Waals surface area contributed by atoms with E-state index in [-0.39, 0.29) is 0 Å². The van der Waals surface area contributed by atoms with Gasteiger partial charge in [-0.3, -0.25) is 4.98 Å². The summed E-state index contributed by atoms with van der Waals surface area (Å²) < 4.78 is 0. The van der Waals surface area contributed by atoms with Gasteiger partial charge in [-0.05, 0) is 36.9 Å². The summed E-state index contributed by atoms with van der Waals surface area (Å²) in [5, 5.41) is 1.24. The molecule has 1 saturated heterocycles. The number of hydrogen-bond acceptors (Lipinski definition) is 3. The molecule has 1 aromatic carbocycles. The number of fused-ring (bicyclic) bond motifs is 1. The fourth-order valence-corrected chi connectivity index (χ4v) is 3.10. The van der Waals surface area contributed by atoms with Gasteiger partial charge in [-0.25, -0.2) is 0 Å². The molecule has 3 rings (SSSR count). The Labute approximate surface area is 120 Å². The molecule has 0 aliphatic carbocycles. The minimum atomic E-state index is 0.380. The van der Waals surface area contributed by atoms with Crippen LogP contribution < -0.4 is 5.73 Å². The average Bonchev–Trinajstić information content (AvgIpc) is 2.48. The van der Waals surface area contributed by atoms with Crippen molar-refractivity contribution < 1.29 is 0 Å². The molecule has 106 valence electrons. The standard InChI is InChI=1S/C17H23N3/c1-13-12-20(11-8-16(13)18)10-7-15-5-2-4-14-6-3-9-19-17(14)15/h2-6,9,13,16H,7-8,10-12,18H2,1H3. The molecule has 0 amide bonds. The van der Waals surface area contributed by atoms with Gasteiger partial charge in [0.2, 0.25) is 0 Å². The van der Waals surface area contributed by atoms with Crippen LogP contribution in [-0.2, 0) is 6.42 Å². The maximum absolute atomic E-state index is 6.09. The smallest absolute Gasteiger partial charge is 0.0734 e. The van der Waals surface area contributed by atoms with E-state index in [0.29, 0.717) is 12.0 Å². The zero-order valence-electron chi connectivity index (χ0n) is 12.1. The molecule has 2 unspecified atom stereocenters. The van der Waals surface area contributed by atoms with Crippen molar-refractivity contribution in [2.24, 2.45) is 11.7 Å². The minimum absolute atomic E-state index is 0.380. The second-order valence-electron chi connectivity index (χ2n) is 5.97.